The molecule has 3 atom stereocenters. The second-order valence-corrected chi connectivity index (χ2v) is 6.68. The summed E-state index contributed by atoms with van der Waals surface area (Å²) in [5, 5.41) is 1.15. The van der Waals surface area contributed by atoms with Gasteiger partial charge in [0.2, 0.25) is 0 Å². The van der Waals surface area contributed by atoms with Crippen LogP contribution in [0.3, 0.4) is 0 Å². The van der Waals surface area contributed by atoms with E-state index < -0.39 is 0 Å². The predicted octanol–water partition coefficient (Wildman–Crippen LogP) is 2.09. The fourth-order valence-electron chi connectivity index (χ4n) is 3.06. The first-order valence-electron chi connectivity index (χ1n) is 6.55. The van der Waals surface area contributed by atoms with E-state index in [1.165, 1.54) is 49.9 Å². The summed E-state index contributed by atoms with van der Waals surface area (Å²) in [6.45, 7) is 4.51. The smallest absolute Gasteiger partial charge is 0.134 e. The topological polar surface area (TPSA) is 38.3 Å². The van der Waals surface area contributed by atoms with Crippen molar-refractivity contribution in [1.82, 2.24) is 13.6 Å². The van der Waals surface area contributed by atoms with E-state index in [0.717, 1.165) is 23.3 Å². The number of methoxy groups -OCH3 is 1. The van der Waals surface area contributed by atoms with Crippen molar-refractivity contribution < 1.29 is 4.74 Å². The summed E-state index contributed by atoms with van der Waals surface area (Å²) in [6.07, 6.45) is 2.71. The average Bonchev–Trinajstić information content (AvgIpc) is 2.95. The fraction of sp³-hybridized carbons (Fsp3) is 0.833. The second-order valence-electron chi connectivity index (χ2n) is 5.06. The molecule has 3 heterocycles. The zero-order chi connectivity index (χ0) is 12.4. The number of piperidine rings is 1. The third-order valence-corrected chi connectivity index (χ3v) is 5.53. The largest absolute Gasteiger partial charge is 0.384 e. The van der Waals surface area contributed by atoms with Crippen molar-refractivity contribution in [2.45, 2.75) is 23.8 Å². The number of ether oxygens (including phenoxy) is 1. The molecule has 3 unspecified atom stereocenters. The average molecular weight is 285 g/mol. The van der Waals surface area contributed by atoms with Gasteiger partial charge in [0.05, 0.1) is 24.0 Å². The van der Waals surface area contributed by atoms with Crippen LogP contribution in [0.15, 0.2) is 5.03 Å². The molecule has 0 radical (unpaired) electrons. The van der Waals surface area contributed by atoms with Crippen LogP contribution in [0, 0.1) is 5.92 Å². The molecule has 6 heteroatoms. The molecule has 3 rings (SSSR count). The molecule has 4 nitrogen and oxygen atoms in total. The van der Waals surface area contributed by atoms with Crippen LogP contribution in [-0.4, -0.2) is 52.8 Å². The van der Waals surface area contributed by atoms with E-state index in [1.807, 2.05) is 0 Å². The van der Waals surface area contributed by atoms with Crippen LogP contribution in [0.1, 0.15) is 24.5 Å². The van der Waals surface area contributed by atoms with Gasteiger partial charge in [0.1, 0.15) is 5.03 Å². The van der Waals surface area contributed by atoms with Crippen LogP contribution >= 0.6 is 23.5 Å². The molecule has 2 bridgehead atoms. The highest BCUT2D eigenvalue weighted by atomic mass is 32.2. The Morgan fingerprint density at radius 3 is 3.22 bits per heavy atom. The van der Waals surface area contributed by atoms with Gasteiger partial charge in [-0.2, -0.15) is 8.75 Å². The lowest BCUT2D eigenvalue weighted by atomic mass is 9.89. The Balaban J connectivity index is 1.70. The monoisotopic (exact) mass is 285 g/mol. The van der Waals surface area contributed by atoms with E-state index in [4.69, 9.17) is 4.74 Å². The van der Waals surface area contributed by atoms with Crippen molar-refractivity contribution in [2.24, 2.45) is 5.92 Å². The lowest BCUT2D eigenvalue weighted by molar-refractivity contribution is 0.218. The zero-order valence-electron chi connectivity index (χ0n) is 10.7. The van der Waals surface area contributed by atoms with Gasteiger partial charge in [-0.05, 0) is 25.3 Å². The standard InChI is InChI=1S/C12H19N3OS2/c1-16-5-6-17-12-11(13-18-14-12)10-8-15-4-2-3-9(10)7-15/h9-10H,2-8H2,1H3. The predicted molar refractivity (Wildman–Crippen MR) is 74.4 cm³/mol. The van der Waals surface area contributed by atoms with Crippen LogP contribution in [0.5, 0.6) is 0 Å². The first-order valence-corrected chi connectivity index (χ1v) is 8.26. The van der Waals surface area contributed by atoms with E-state index in [1.54, 1.807) is 18.9 Å². The number of rotatable bonds is 5. The van der Waals surface area contributed by atoms with Gasteiger partial charge >= 0.3 is 0 Å². The molecule has 0 aromatic carbocycles. The number of nitrogens with zero attached hydrogens (tertiary/aromatic N) is 3. The quantitative estimate of drug-likeness (QED) is 0.612. The molecular formula is C12H19N3OS2. The maximum atomic E-state index is 5.10. The van der Waals surface area contributed by atoms with Gasteiger partial charge < -0.3 is 9.64 Å². The Morgan fingerprint density at radius 1 is 1.44 bits per heavy atom. The minimum Gasteiger partial charge on any atom is -0.384 e. The fourth-order valence-corrected chi connectivity index (χ4v) is 4.73. The van der Waals surface area contributed by atoms with E-state index in [9.17, 15) is 0 Å². The summed E-state index contributed by atoms with van der Waals surface area (Å²) in [7, 11) is 1.74. The molecule has 2 fully saturated rings. The first kappa shape index (κ1) is 12.8. The van der Waals surface area contributed by atoms with Gasteiger partial charge in [-0.1, -0.05) is 0 Å². The highest BCUT2D eigenvalue weighted by molar-refractivity contribution is 7.99. The van der Waals surface area contributed by atoms with Crippen LogP contribution in [0.4, 0.5) is 0 Å². The lowest BCUT2D eigenvalue weighted by Gasteiger charge is -2.21. The summed E-state index contributed by atoms with van der Waals surface area (Å²) >= 11 is 3.16. The van der Waals surface area contributed by atoms with E-state index in [0.29, 0.717) is 5.92 Å². The highest BCUT2D eigenvalue weighted by Crippen LogP contribution is 2.41. The zero-order valence-corrected chi connectivity index (χ0v) is 12.3. The van der Waals surface area contributed by atoms with E-state index in [-0.39, 0.29) is 0 Å². The Kier molecular flexibility index (Phi) is 4.18. The minimum absolute atomic E-state index is 0.622. The molecule has 0 amide bonds. The van der Waals surface area contributed by atoms with Crippen LogP contribution in [0.25, 0.3) is 0 Å². The van der Waals surface area contributed by atoms with Crippen molar-refractivity contribution in [1.29, 1.82) is 0 Å². The molecule has 100 valence electrons. The van der Waals surface area contributed by atoms with Gasteiger partial charge in [-0.15, -0.1) is 11.8 Å². The number of fused-ring (bicyclic) bond motifs is 2. The Morgan fingerprint density at radius 2 is 2.39 bits per heavy atom. The molecule has 0 aliphatic carbocycles. The Bertz CT molecular complexity index is 398. The van der Waals surface area contributed by atoms with Gasteiger partial charge in [0.25, 0.3) is 0 Å². The molecule has 0 N–H and O–H groups in total. The molecule has 1 aromatic rings. The molecule has 0 spiro atoms. The first-order chi connectivity index (χ1) is 8.88. The van der Waals surface area contributed by atoms with Gasteiger partial charge in [0.15, 0.2) is 0 Å². The summed E-state index contributed by atoms with van der Waals surface area (Å²) in [6, 6.07) is 0. The summed E-state index contributed by atoms with van der Waals surface area (Å²) in [5.74, 6) is 2.40. The third kappa shape index (κ3) is 2.57. The number of hydrogen-bond acceptors (Lipinski definition) is 6. The summed E-state index contributed by atoms with van der Waals surface area (Å²) in [5.41, 5.74) is 1.26. The van der Waals surface area contributed by atoms with Crippen molar-refractivity contribution in [2.75, 3.05) is 39.1 Å². The van der Waals surface area contributed by atoms with Gasteiger partial charge in [0, 0.05) is 31.9 Å². The van der Waals surface area contributed by atoms with Crippen LogP contribution in [-0.2, 0) is 4.74 Å². The SMILES string of the molecule is COCCSc1nsnc1C1CN2CCCC1C2. The van der Waals surface area contributed by atoms with Crippen molar-refractivity contribution in [3.05, 3.63) is 5.69 Å². The van der Waals surface area contributed by atoms with Crippen molar-refractivity contribution in [3.8, 4) is 0 Å². The molecule has 2 aliphatic rings. The second kappa shape index (κ2) is 5.86. The van der Waals surface area contributed by atoms with Gasteiger partial charge in [-0.25, -0.2) is 0 Å². The summed E-state index contributed by atoms with van der Waals surface area (Å²) < 4.78 is 14.1. The molecule has 18 heavy (non-hydrogen) atoms. The summed E-state index contributed by atoms with van der Waals surface area (Å²) in [4.78, 5) is 2.59. The number of hydrogen-bond donors (Lipinski definition) is 0. The van der Waals surface area contributed by atoms with E-state index in [2.05, 4.69) is 13.6 Å². The number of aromatic nitrogens is 2. The Hall–Kier alpha value is -0.170. The van der Waals surface area contributed by atoms with Crippen molar-refractivity contribution >= 4 is 23.5 Å². The van der Waals surface area contributed by atoms with Crippen LogP contribution < -0.4 is 0 Å². The highest BCUT2D eigenvalue weighted by Gasteiger charge is 2.38. The van der Waals surface area contributed by atoms with Gasteiger partial charge in [-0.3, -0.25) is 0 Å². The van der Waals surface area contributed by atoms with Crippen molar-refractivity contribution in [3.63, 3.8) is 0 Å². The minimum atomic E-state index is 0.622. The third-order valence-electron chi connectivity index (χ3n) is 3.93. The maximum absolute atomic E-state index is 5.10. The molecular weight excluding hydrogens is 266 g/mol. The molecule has 2 saturated heterocycles. The number of thioether (sulfide) groups is 1. The molecule has 1 aromatic heterocycles. The normalized spacial score (nSPS) is 30.8. The lowest BCUT2D eigenvalue weighted by Crippen LogP contribution is -2.25. The molecule has 2 aliphatic heterocycles. The maximum Gasteiger partial charge on any atom is 0.134 e. The van der Waals surface area contributed by atoms with E-state index >= 15 is 0 Å². The molecule has 0 saturated carbocycles. The Labute approximate surface area is 116 Å². The van der Waals surface area contributed by atoms with Crippen LogP contribution in [0.2, 0.25) is 0 Å².